The van der Waals surface area contributed by atoms with E-state index in [4.69, 9.17) is 9.47 Å². The number of hydrogen-bond acceptors (Lipinski definition) is 7. The lowest BCUT2D eigenvalue weighted by atomic mass is 9.98. The second-order valence-corrected chi connectivity index (χ2v) is 8.16. The number of methoxy groups -OCH3 is 1. The van der Waals surface area contributed by atoms with E-state index >= 15 is 0 Å². The molecule has 0 unspecified atom stereocenters. The highest BCUT2D eigenvalue weighted by molar-refractivity contribution is 5.75. The molecule has 0 radical (unpaired) electrons. The Kier molecular flexibility index (Phi) is 5.41. The van der Waals surface area contributed by atoms with Crippen molar-refractivity contribution >= 4 is 17.0 Å². The van der Waals surface area contributed by atoms with Crippen molar-refractivity contribution in [1.82, 2.24) is 30.0 Å². The van der Waals surface area contributed by atoms with Crippen molar-refractivity contribution in [2.24, 2.45) is 5.41 Å². The van der Waals surface area contributed by atoms with Crippen LogP contribution in [-0.2, 0) is 16.3 Å². The molecule has 0 amide bonds. The molecule has 0 aliphatic rings. The van der Waals surface area contributed by atoms with Crippen LogP contribution in [-0.4, -0.2) is 43.1 Å². The van der Waals surface area contributed by atoms with E-state index in [0.29, 0.717) is 11.4 Å². The number of hydrogen-bond donors (Lipinski definition) is 0. The number of benzene rings is 2. The van der Waals surface area contributed by atoms with Gasteiger partial charge in [-0.3, -0.25) is 4.79 Å². The summed E-state index contributed by atoms with van der Waals surface area (Å²) >= 11 is 0. The fourth-order valence-electron chi connectivity index (χ4n) is 3.23. The van der Waals surface area contributed by atoms with Crippen LogP contribution in [0.25, 0.3) is 11.0 Å². The van der Waals surface area contributed by atoms with Crippen LogP contribution < -0.4 is 4.74 Å². The molecule has 9 heteroatoms. The van der Waals surface area contributed by atoms with Crippen molar-refractivity contribution in [2.75, 3.05) is 7.11 Å². The zero-order valence-electron chi connectivity index (χ0n) is 17.9. The molecular weight excluding hydrogens is 396 g/mol. The fraction of sp³-hybridized carbons (Fsp3) is 0.318. The Hall–Kier alpha value is -3.75. The molecule has 2 aromatic heterocycles. The zero-order valence-corrected chi connectivity index (χ0v) is 17.9. The molecule has 0 N–H and O–H groups in total. The van der Waals surface area contributed by atoms with Crippen molar-refractivity contribution < 1.29 is 14.3 Å². The van der Waals surface area contributed by atoms with Crippen LogP contribution in [0.4, 0.5) is 0 Å². The van der Waals surface area contributed by atoms with Gasteiger partial charge in [-0.25, -0.2) is 9.36 Å². The molecule has 4 aromatic rings. The molecule has 9 nitrogen and oxygen atoms in total. The molecule has 160 valence electrons. The van der Waals surface area contributed by atoms with Gasteiger partial charge in [-0.1, -0.05) is 40.8 Å². The van der Waals surface area contributed by atoms with Gasteiger partial charge < -0.3 is 9.47 Å². The van der Waals surface area contributed by atoms with Gasteiger partial charge in [-0.15, -0.1) is 10.2 Å². The number of esters is 1. The van der Waals surface area contributed by atoms with E-state index in [9.17, 15) is 4.79 Å². The highest BCUT2D eigenvalue weighted by Crippen LogP contribution is 2.33. The number of rotatable bonds is 6. The molecular formula is C22H24N6O3. The van der Waals surface area contributed by atoms with Crippen molar-refractivity contribution in [3.8, 4) is 5.75 Å². The summed E-state index contributed by atoms with van der Waals surface area (Å²) in [5.74, 6) is 0.383. The minimum absolute atomic E-state index is 0.0279. The summed E-state index contributed by atoms with van der Waals surface area (Å²) in [4.78, 5) is 12.1. The Labute approximate surface area is 179 Å². The molecule has 2 heterocycles. The average Bonchev–Trinajstić information content (AvgIpc) is 3.40. The second-order valence-electron chi connectivity index (χ2n) is 8.16. The highest BCUT2D eigenvalue weighted by atomic mass is 16.5. The molecule has 1 atom stereocenters. The first-order chi connectivity index (χ1) is 14.9. The first-order valence-corrected chi connectivity index (χ1v) is 9.88. The van der Waals surface area contributed by atoms with Gasteiger partial charge >= 0.3 is 5.97 Å². The third-order valence-electron chi connectivity index (χ3n) is 4.83. The Morgan fingerprint density at radius 3 is 2.55 bits per heavy atom. The van der Waals surface area contributed by atoms with E-state index < -0.39 is 11.5 Å². The molecule has 0 saturated heterocycles. The Balaban J connectivity index is 1.74. The number of carbonyl (C=O) groups excluding carboxylic acids is 1. The monoisotopic (exact) mass is 420 g/mol. The summed E-state index contributed by atoms with van der Waals surface area (Å²) in [6, 6.07) is 14.9. The fourth-order valence-corrected chi connectivity index (χ4v) is 3.23. The van der Waals surface area contributed by atoms with Crippen LogP contribution in [0.2, 0.25) is 0 Å². The highest BCUT2D eigenvalue weighted by Gasteiger charge is 2.27. The van der Waals surface area contributed by atoms with Crippen molar-refractivity contribution in [1.29, 1.82) is 0 Å². The third kappa shape index (κ3) is 4.11. The third-order valence-corrected chi connectivity index (χ3v) is 4.83. The topological polar surface area (TPSA) is 97.0 Å². The summed E-state index contributed by atoms with van der Waals surface area (Å²) < 4.78 is 14.2. The Morgan fingerprint density at radius 2 is 1.77 bits per heavy atom. The van der Waals surface area contributed by atoms with Crippen molar-refractivity contribution in [3.63, 3.8) is 0 Å². The van der Waals surface area contributed by atoms with Crippen molar-refractivity contribution in [3.05, 3.63) is 66.0 Å². The minimum atomic E-state index is -0.594. The number of nitrogens with zero attached hydrogens (tertiary/aromatic N) is 6. The van der Waals surface area contributed by atoms with E-state index in [1.165, 1.54) is 4.68 Å². The van der Waals surface area contributed by atoms with Gasteiger partial charge in [0, 0.05) is 5.56 Å². The van der Waals surface area contributed by atoms with E-state index in [2.05, 4.69) is 20.6 Å². The van der Waals surface area contributed by atoms with E-state index in [1.807, 2.05) is 48.5 Å². The first kappa shape index (κ1) is 20.5. The maximum absolute atomic E-state index is 12.1. The molecule has 0 aliphatic carbocycles. The molecule has 0 bridgehead atoms. The maximum Gasteiger partial charge on any atom is 0.313 e. The Bertz CT molecular complexity index is 1210. The van der Waals surface area contributed by atoms with Crippen LogP contribution in [0.3, 0.4) is 0 Å². The normalized spacial score (nSPS) is 12.6. The van der Waals surface area contributed by atoms with Gasteiger partial charge in [0.25, 0.3) is 0 Å². The van der Waals surface area contributed by atoms with Crippen LogP contribution in [0.15, 0.2) is 54.7 Å². The summed E-state index contributed by atoms with van der Waals surface area (Å²) in [7, 11) is 1.62. The quantitative estimate of drug-likeness (QED) is 0.442. The van der Waals surface area contributed by atoms with Crippen LogP contribution in [0.5, 0.6) is 5.75 Å². The van der Waals surface area contributed by atoms with Gasteiger partial charge in [0.1, 0.15) is 23.0 Å². The predicted molar refractivity (Wildman–Crippen MR) is 113 cm³/mol. The molecule has 0 saturated carbocycles. The van der Waals surface area contributed by atoms with E-state index in [-0.39, 0.29) is 12.7 Å². The van der Waals surface area contributed by atoms with Gasteiger partial charge in [0.2, 0.25) is 0 Å². The molecule has 0 aliphatic heterocycles. The summed E-state index contributed by atoms with van der Waals surface area (Å²) in [5, 5.41) is 17.2. The molecule has 31 heavy (non-hydrogen) atoms. The Morgan fingerprint density at radius 1 is 1.03 bits per heavy atom. The lowest BCUT2D eigenvalue weighted by molar-refractivity contribution is -0.157. The predicted octanol–water partition coefficient (Wildman–Crippen LogP) is 3.22. The molecule has 2 aromatic carbocycles. The number of fused-ring (bicyclic) bond motifs is 1. The standard InChI is InChI=1S/C22H24N6O3/c1-22(2,3)21(29)31-14-27-13-17(24-25-27)20(15-9-5-8-12-19(15)30-4)28-18-11-7-6-10-16(18)23-26-28/h5-13,20H,14H2,1-4H3/t20-/m0/s1. The smallest absolute Gasteiger partial charge is 0.313 e. The number of ether oxygens (including phenoxy) is 2. The van der Waals surface area contributed by atoms with Gasteiger partial charge in [-0.2, -0.15) is 0 Å². The number of aromatic nitrogens is 6. The SMILES string of the molecule is COc1ccccc1[C@@H](c1cn(COC(=O)C(C)(C)C)nn1)n1nnc2ccccc21. The average molecular weight is 420 g/mol. The van der Waals surface area contributed by atoms with Gasteiger partial charge in [0.05, 0.1) is 24.2 Å². The minimum Gasteiger partial charge on any atom is -0.496 e. The summed E-state index contributed by atoms with van der Waals surface area (Å²) in [6.07, 6.45) is 1.74. The number of carbonyl (C=O) groups is 1. The van der Waals surface area contributed by atoms with E-state index in [0.717, 1.165) is 16.6 Å². The van der Waals surface area contributed by atoms with Crippen LogP contribution >= 0.6 is 0 Å². The zero-order chi connectivity index (χ0) is 22.0. The van der Waals surface area contributed by atoms with Crippen molar-refractivity contribution in [2.45, 2.75) is 33.5 Å². The molecule has 0 spiro atoms. The van der Waals surface area contributed by atoms with Gasteiger partial charge in [0.15, 0.2) is 6.73 Å². The van der Waals surface area contributed by atoms with Gasteiger partial charge in [-0.05, 0) is 39.0 Å². The largest absolute Gasteiger partial charge is 0.496 e. The summed E-state index contributed by atoms with van der Waals surface area (Å²) in [6.45, 7) is 5.38. The lowest BCUT2D eigenvalue weighted by Crippen LogP contribution is -2.24. The van der Waals surface area contributed by atoms with E-state index in [1.54, 1.807) is 38.8 Å². The molecule has 0 fully saturated rings. The van der Waals surface area contributed by atoms with Crippen LogP contribution in [0.1, 0.15) is 38.1 Å². The molecule has 4 rings (SSSR count). The second kappa shape index (κ2) is 8.17. The maximum atomic E-state index is 12.1. The summed E-state index contributed by atoms with van der Waals surface area (Å²) in [5.41, 5.74) is 2.51. The first-order valence-electron chi connectivity index (χ1n) is 9.88. The van der Waals surface area contributed by atoms with Crippen LogP contribution in [0, 0.1) is 5.41 Å². The lowest BCUT2D eigenvalue weighted by Gasteiger charge is -2.18. The number of para-hydroxylation sites is 2.